The fourth-order valence-corrected chi connectivity index (χ4v) is 9.96. The Labute approximate surface area is 334 Å². The topological polar surface area (TPSA) is 95.0 Å². The monoisotopic (exact) mass is 821 g/mol. The van der Waals surface area contributed by atoms with Crippen LogP contribution in [0.5, 0.6) is 0 Å². The molecule has 4 saturated carbocycles. The van der Waals surface area contributed by atoms with E-state index >= 15 is 0 Å². The molecule has 326 valence electrons. The van der Waals surface area contributed by atoms with Crippen molar-refractivity contribution in [2.24, 2.45) is 40.5 Å². The summed E-state index contributed by atoms with van der Waals surface area (Å²) in [5, 5.41) is 0. The number of rotatable bonds is 10. The van der Waals surface area contributed by atoms with Crippen LogP contribution in [0.2, 0.25) is 0 Å². The van der Waals surface area contributed by atoms with Crippen molar-refractivity contribution in [2.75, 3.05) is 60.0 Å². The molecule has 0 aromatic rings. The average Bonchev–Trinajstić information content (AvgIpc) is 3.20. The Balaban J connectivity index is 1.25. The second kappa shape index (κ2) is 21.0. The van der Waals surface area contributed by atoms with Gasteiger partial charge in [-0.1, -0.05) is 57.8 Å². The fourth-order valence-electron chi connectivity index (χ4n) is 9.96. The van der Waals surface area contributed by atoms with Gasteiger partial charge in [0.2, 0.25) is 11.9 Å². The van der Waals surface area contributed by atoms with Gasteiger partial charge >= 0.3 is 24.5 Å². The lowest BCUT2D eigenvalue weighted by molar-refractivity contribution is -0.229. The number of guanidine groups is 1. The third-order valence-corrected chi connectivity index (χ3v) is 13.4. The van der Waals surface area contributed by atoms with Crippen LogP contribution in [-0.4, -0.2) is 122 Å². The van der Waals surface area contributed by atoms with Crippen molar-refractivity contribution in [3.05, 3.63) is 0 Å². The molecule has 0 aromatic heterocycles. The van der Waals surface area contributed by atoms with Gasteiger partial charge in [0, 0.05) is 46.8 Å². The van der Waals surface area contributed by atoms with E-state index in [2.05, 4.69) is 9.89 Å². The van der Waals surface area contributed by atoms with Crippen LogP contribution in [0, 0.1) is 35.5 Å². The highest BCUT2D eigenvalue weighted by Crippen LogP contribution is 2.48. The molecule has 5 fully saturated rings. The van der Waals surface area contributed by atoms with E-state index in [1.165, 1.54) is 29.7 Å². The molecule has 0 radical (unpaired) electrons. The quantitative estimate of drug-likeness (QED) is 0.123. The number of nitrogens with zero attached hydrogens (tertiary/aromatic N) is 5. The van der Waals surface area contributed by atoms with E-state index < -0.39 is 54.8 Å². The summed E-state index contributed by atoms with van der Waals surface area (Å²) in [6.45, 7) is 2.13. The Morgan fingerprint density at radius 3 is 1.67 bits per heavy atom. The van der Waals surface area contributed by atoms with Crippen molar-refractivity contribution in [2.45, 2.75) is 140 Å². The van der Waals surface area contributed by atoms with Gasteiger partial charge in [-0.15, -0.1) is 4.99 Å². The van der Waals surface area contributed by atoms with Gasteiger partial charge < -0.3 is 19.3 Å². The Morgan fingerprint density at radius 2 is 1.16 bits per heavy atom. The molecule has 1 aliphatic heterocycles. The first-order chi connectivity index (χ1) is 27.1. The number of hydrogen-bond acceptors (Lipinski definition) is 6. The minimum atomic E-state index is -4.71. The molecule has 1 heterocycles. The molecule has 0 aromatic carbocycles. The number of likely N-dealkylation sites (N-methyl/N-ethyl adjacent to an activating group) is 1. The third-order valence-electron chi connectivity index (χ3n) is 13.4. The predicted octanol–water partition coefficient (Wildman–Crippen LogP) is 9.28. The van der Waals surface area contributed by atoms with E-state index in [1.54, 1.807) is 7.05 Å². The molecule has 16 heteroatoms. The van der Waals surface area contributed by atoms with E-state index in [1.807, 2.05) is 4.90 Å². The van der Waals surface area contributed by atoms with Crippen LogP contribution in [0.3, 0.4) is 0 Å². The average molecular weight is 822 g/mol. The van der Waals surface area contributed by atoms with Gasteiger partial charge in [0.15, 0.2) is 0 Å². The van der Waals surface area contributed by atoms with Gasteiger partial charge in [-0.25, -0.2) is 9.59 Å². The second-order valence-corrected chi connectivity index (χ2v) is 17.6. The van der Waals surface area contributed by atoms with E-state index in [0.717, 1.165) is 83.5 Å². The summed E-state index contributed by atoms with van der Waals surface area (Å²) in [5.41, 5.74) is 0. The van der Waals surface area contributed by atoms with Crippen molar-refractivity contribution in [3.8, 4) is 0 Å². The highest BCUT2D eigenvalue weighted by Gasteiger charge is 2.52. The smallest absolute Gasteiger partial charge is 0.436 e. The third kappa shape index (κ3) is 13.4. The number of piperazine rings is 1. The zero-order valence-corrected chi connectivity index (χ0v) is 34.0. The first-order valence-corrected chi connectivity index (χ1v) is 21.6. The summed E-state index contributed by atoms with van der Waals surface area (Å²) in [5.74, 6) is -4.27. The second-order valence-electron chi connectivity index (χ2n) is 17.6. The summed E-state index contributed by atoms with van der Waals surface area (Å²) < 4.78 is 93.3. The lowest BCUT2D eigenvalue weighted by atomic mass is 9.73. The maximum atomic E-state index is 14.3. The molecule has 3 amide bonds. The van der Waals surface area contributed by atoms with Crippen LogP contribution in [-0.2, 0) is 14.3 Å². The van der Waals surface area contributed by atoms with Crippen molar-refractivity contribution in [3.63, 3.8) is 0 Å². The molecule has 57 heavy (non-hydrogen) atoms. The Bertz CT molecular complexity index is 1300. The number of carbonyl (C=O) groups excluding carboxylic acids is 3. The molecular weight excluding hydrogens is 756 g/mol. The van der Waals surface area contributed by atoms with Gasteiger partial charge in [-0.3, -0.25) is 14.6 Å². The summed E-state index contributed by atoms with van der Waals surface area (Å²) >= 11 is 0. The summed E-state index contributed by atoms with van der Waals surface area (Å²) in [4.78, 5) is 51.8. The first kappa shape index (κ1) is 45.3. The minimum absolute atomic E-state index is 0.0412. The minimum Gasteiger partial charge on any atom is -0.449 e. The highest BCUT2D eigenvalue weighted by molar-refractivity contribution is 5.98. The van der Waals surface area contributed by atoms with Crippen molar-refractivity contribution >= 4 is 24.1 Å². The number of hydrogen-bond donors (Lipinski definition) is 0. The molecule has 0 spiro atoms. The standard InChI is InChI=1S/C41H65F6N5O5/c1-49(19-18-31-24-33(40(42,43)44)26-34(25-31)41(45,46)47)36(53)35(32-16-10-5-11-17-32)51-20-22-52(23-21-51)37(48-38(54)56-27-29-12-6-3-7-13-29)50(2)39(55)57-28-30-14-8-4-9-15-30/h29-35H,3-28H2,1-2H3/b48-37+. The van der Waals surface area contributed by atoms with E-state index in [9.17, 15) is 40.7 Å². The molecule has 0 N–H and O–H groups in total. The molecule has 1 saturated heterocycles. The van der Waals surface area contributed by atoms with Gasteiger partial charge in [0.25, 0.3) is 0 Å². The van der Waals surface area contributed by atoms with Crippen LogP contribution >= 0.6 is 0 Å². The lowest BCUT2D eigenvalue weighted by Crippen LogP contribution is -2.60. The number of ether oxygens (including phenoxy) is 2. The van der Waals surface area contributed by atoms with Crippen molar-refractivity contribution < 1.29 is 50.2 Å². The van der Waals surface area contributed by atoms with Crippen LogP contribution < -0.4 is 0 Å². The summed E-state index contributed by atoms with van der Waals surface area (Å²) in [6.07, 6.45) is 2.99. The van der Waals surface area contributed by atoms with Crippen LogP contribution in [0.25, 0.3) is 0 Å². The highest BCUT2D eigenvalue weighted by atomic mass is 19.4. The number of alkyl halides is 6. The molecule has 10 nitrogen and oxygen atoms in total. The van der Waals surface area contributed by atoms with E-state index in [-0.39, 0.29) is 56.1 Å². The molecule has 0 bridgehead atoms. The zero-order chi connectivity index (χ0) is 41.2. The van der Waals surface area contributed by atoms with Crippen molar-refractivity contribution in [1.29, 1.82) is 0 Å². The van der Waals surface area contributed by atoms with Crippen LogP contribution in [0.15, 0.2) is 4.99 Å². The Kier molecular flexibility index (Phi) is 16.7. The predicted molar refractivity (Wildman–Crippen MR) is 203 cm³/mol. The number of amides is 3. The SMILES string of the molecule is CN(CCC1CC(C(F)(F)F)CC(C(F)(F)F)C1)C(=O)C(C1CCCCC1)N1CCN(/C(=N/C(=O)OCC2CCCCC2)N(C)C(=O)OCC2CCCCC2)CC1. The van der Waals surface area contributed by atoms with Gasteiger partial charge in [0.05, 0.1) is 31.1 Å². The zero-order valence-electron chi connectivity index (χ0n) is 34.0. The lowest BCUT2D eigenvalue weighted by Gasteiger charge is -2.44. The van der Waals surface area contributed by atoms with Crippen LogP contribution in [0.4, 0.5) is 35.9 Å². The Hall–Kier alpha value is -2.78. The molecule has 5 aliphatic rings. The van der Waals surface area contributed by atoms with Gasteiger partial charge in [0.1, 0.15) is 0 Å². The van der Waals surface area contributed by atoms with E-state index in [0.29, 0.717) is 38.7 Å². The number of halogens is 6. The summed E-state index contributed by atoms with van der Waals surface area (Å²) in [6, 6.07) is -0.520. The molecular formula is C41H65F6N5O5. The van der Waals surface area contributed by atoms with E-state index in [4.69, 9.17) is 9.47 Å². The van der Waals surface area contributed by atoms with Gasteiger partial charge in [-0.05, 0) is 87.9 Å². The Morgan fingerprint density at radius 1 is 0.667 bits per heavy atom. The van der Waals surface area contributed by atoms with Crippen LogP contribution in [0.1, 0.15) is 122 Å². The number of carbonyl (C=O) groups is 3. The van der Waals surface area contributed by atoms with Gasteiger partial charge in [-0.2, -0.15) is 26.3 Å². The maximum absolute atomic E-state index is 14.3. The molecule has 4 aliphatic carbocycles. The maximum Gasteiger partial charge on any atom is 0.436 e. The normalized spacial score (nSPS) is 26.1. The molecule has 3 unspecified atom stereocenters. The first-order valence-electron chi connectivity index (χ1n) is 21.6. The largest absolute Gasteiger partial charge is 0.449 e. The summed E-state index contributed by atoms with van der Waals surface area (Å²) in [7, 11) is 3.13. The molecule has 5 rings (SSSR count). The fraction of sp³-hybridized carbons (Fsp3) is 0.902. The molecule has 3 atom stereocenters. The number of aliphatic imine (C=N–C) groups is 1. The van der Waals surface area contributed by atoms with Crippen molar-refractivity contribution in [1.82, 2.24) is 19.6 Å².